The smallest absolute Gasteiger partial charge is 0.323 e. The molecule has 8 heteroatoms. The molecule has 1 atom stereocenters. The summed E-state index contributed by atoms with van der Waals surface area (Å²) in [5, 5.41) is 0. The van der Waals surface area contributed by atoms with E-state index in [2.05, 4.69) is 44.1 Å². The zero-order valence-corrected chi connectivity index (χ0v) is 11.6. The number of likely N-dealkylation sites (N-methyl/N-ethyl adjacent to an activating group) is 1. The summed E-state index contributed by atoms with van der Waals surface area (Å²) in [5.41, 5.74) is 2.45. The van der Waals surface area contributed by atoms with Gasteiger partial charge in [-0.3, -0.25) is 5.43 Å². The molecular weight excluding hydrogens is 246 g/mol. The van der Waals surface area contributed by atoms with E-state index in [0.29, 0.717) is 30.6 Å². The molecule has 1 fully saturated rings. The summed E-state index contributed by atoms with van der Waals surface area (Å²) >= 11 is 0. The Labute approximate surface area is 112 Å². The van der Waals surface area contributed by atoms with Gasteiger partial charge in [0.2, 0.25) is 11.9 Å². The molecule has 8 nitrogen and oxygen atoms in total. The maximum Gasteiger partial charge on any atom is 0.323 e. The summed E-state index contributed by atoms with van der Waals surface area (Å²) < 4.78 is 5.34. The van der Waals surface area contributed by atoms with Gasteiger partial charge in [0.05, 0.1) is 6.61 Å². The Hall–Kier alpha value is -1.67. The fraction of sp³-hybridized carbons (Fsp3) is 0.727. The summed E-state index contributed by atoms with van der Waals surface area (Å²) in [7, 11) is 2.11. The first-order valence-corrected chi connectivity index (χ1v) is 6.44. The molecule has 1 aliphatic rings. The van der Waals surface area contributed by atoms with Gasteiger partial charge in [-0.2, -0.15) is 15.0 Å². The second kappa shape index (κ2) is 5.98. The first kappa shape index (κ1) is 13.8. The Morgan fingerprint density at radius 2 is 2.16 bits per heavy atom. The quantitative estimate of drug-likeness (QED) is 0.567. The van der Waals surface area contributed by atoms with Gasteiger partial charge in [-0.1, -0.05) is 0 Å². The number of aromatic nitrogens is 3. The minimum atomic E-state index is 0.298. The highest BCUT2D eigenvalue weighted by atomic mass is 16.5. The predicted octanol–water partition coefficient (Wildman–Crippen LogP) is -0.304. The molecule has 0 spiro atoms. The SMILES string of the molecule is CCOc1nc(NN)nc(N2CCN(C)CC2C)n1. The van der Waals surface area contributed by atoms with Gasteiger partial charge in [0.15, 0.2) is 0 Å². The van der Waals surface area contributed by atoms with E-state index in [9.17, 15) is 0 Å². The van der Waals surface area contributed by atoms with E-state index in [4.69, 9.17) is 10.6 Å². The topological polar surface area (TPSA) is 92.4 Å². The second-order valence-corrected chi connectivity index (χ2v) is 4.62. The van der Waals surface area contributed by atoms with Gasteiger partial charge in [-0.15, -0.1) is 0 Å². The van der Waals surface area contributed by atoms with Crippen LogP contribution in [0.2, 0.25) is 0 Å². The van der Waals surface area contributed by atoms with E-state index in [0.717, 1.165) is 19.6 Å². The molecule has 2 heterocycles. The lowest BCUT2D eigenvalue weighted by molar-refractivity contribution is 0.271. The molecule has 1 aromatic rings. The van der Waals surface area contributed by atoms with Crippen LogP contribution in [0, 0.1) is 0 Å². The normalized spacial score (nSPS) is 20.4. The molecule has 0 bridgehead atoms. The summed E-state index contributed by atoms with van der Waals surface area (Å²) in [6.45, 7) is 7.36. The van der Waals surface area contributed by atoms with Crippen molar-refractivity contribution in [3.8, 4) is 6.01 Å². The third-order valence-corrected chi connectivity index (χ3v) is 3.09. The number of ether oxygens (including phenoxy) is 1. The van der Waals surface area contributed by atoms with Crippen LogP contribution in [-0.4, -0.2) is 59.2 Å². The summed E-state index contributed by atoms with van der Waals surface area (Å²) in [6, 6.07) is 0.632. The minimum absolute atomic E-state index is 0.298. The van der Waals surface area contributed by atoms with E-state index in [1.54, 1.807) is 0 Å². The zero-order valence-electron chi connectivity index (χ0n) is 11.6. The fourth-order valence-corrected chi connectivity index (χ4v) is 2.17. The standard InChI is InChI=1S/C11H21N7O/c1-4-19-11-14-9(16-12)13-10(15-11)18-6-5-17(3)7-8(18)2/h8H,4-7,12H2,1-3H3,(H,13,14,15,16). The van der Waals surface area contributed by atoms with Gasteiger partial charge >= 0.3 is 6.01 Å². The summed E-state index contributed by atoms with van der Waals surface area (Å²) in [5.74, 6) is 6.31. The van der Waals surface area contributed by atoms with E-state index >= 15 is 0 Å². The van der Waals surface area contributed by atoms with Crippen molar-refractivity contribution in [2.45, 2.75) is 19.9 Å². The zero-order chi connectivity index (χ0) is 13.8. The third kappa shape index (κ3) is 3.21. The van der Waals surface area contributed by atoms with Crippen LogP contribution in [0.25, 0.3) is 0 Å². The third-order valence-electron chi connectivity index (χ3n) is 3.09. The molecule has 1 unspecified atom stereocenters. The van der Waals surface area contributed by atoms with Crippen molar-refractivity contribution in [1.29, 1.82) is 0 Å². The number of nitrogen functional groups attached to an aromatic ring is 1. The van der Waals surface area contributed by atoms with Crippen LogP contribution in [0.15, 0.2) is 0 Å². The number of anilines is 2. The van der Waals surface area contributed by atoms with Crippen molar-refractivity contribution >= 4 is 11.9 Å². The second-order valence-electron chi connectivity index (χ2n) is 4.62. The average Bonchev–Trinajstić information content (AvgIpc) is 2.38. The highest BCUT2D eigenvalue weighted by molar-refractivity contribution is 5.39. The minimum Gasteiger partial charge on any atom is -0.464 e. The molecule has 1 aromatic heterocycles. The fourth-order valence-electron chi connectivity index (χ4n) is 2.17. The molecule has 0 saturated carbocycles. The number of nitrogens with one attached hydrogen (secondary N) is 1. The van der Waals surface area contributed by atoms with Gasteiger partial charge < -0.3 is 14.5 Å². The first-order chi connectivity index (χ1) is 9.13. The molecule has 0 aliphatic carbocycles. The lowest BCUT2D eigenvalue weighted by atomic mass is 10.2. The lowest BCUT2D eigenvalue weighted by Gasteiger charge is -2.38. The van der Waals surface area contributed by atoms with Crippen LogP contribution in [0.1, 0.15) is 13.8 Å². The number of hydrogen-bond acceptors (Lipinski definition) is 8. The largest absolute Gasteiger partial charge is 0.464 e. The van der Waals surface area contributed by atoms with Gasteiger partial charge in [-0.05, 0) is 20.9 Å². The van der Waals surface area contributed by atoms with E-state index in [1.807, 2.05) is 6.92 Å². The van der Waals surface area contributed by atoms with Gasteiger partial charge in [0, 0.05) is 25.7 Å². The number of nitrogens with zero attached hydrogens (tertiary/aromatic N) is 5. The van der Waals surface area contributed by atoms with Crippen molar-refractivity contribution in [2.75, 3.05) is 43.6 Å². The van der Waals surface area contributed by atoms with Crippen LogP contribution in [0.4, 0.5) is 11.9 Å². The van der Waals surface area contributed by atoms with Crippen molar-refractivity contribution < 1.29 is 4.74 Å². The monoisotopic (exact) mass is 267 g/mol. The van der Waals surface area contributed by atoms with Gasteiger partial charge in [0.25, 0.3) is 0 Å². The number of rotatable bonds is 4. The average molecular weight is 267 g/mol. The van der Waals surface area contributed by atoms with E-state index in [-0.39, 0.29) is 0 Å². The maximum atomic E-state index is 5.38. The van der Waals surface area contributed by atoms with E-state index in [1.165, 1.54) is 0 Å². The molecule has 3 N–H and O–H groups in total. The Kier molecular flexibility index (Phi) is 4.33. The molecule has 19 heavy (non-hydrogen) atoms. The van der Waals surface area contributed by atoms with Crippen molar-refractivity contribution in [3.05, 3.63) is 0 Å². The van der Waals surface area contributed by atoms with E-state index < -0.39 is 0 Å². The maximum absolute atomic E-state index is 5.38. The molecule has 2 rings (SSSR count). The molecule has 0 radical (unpaired) electrons. The van der Waals surface area contributed by atoms with Crippen molar-refractivity contribution in [1.82, 2.24) is 19.9 Å². The molecule has 106 valence electrons. The van der Waals surface area contributed by atoms with Crippen molar-refractivity contribution in [2.24, 2.45) is 5.84 Å². The Morgan fingerprint density at radius 1 is 1.37 bits per heavy atom. The number of hydrogen-bond donors (Lipinski definition) is 2. The van der Waals surface area contributed by atoms with Crippen LogP contribution < -0.4 is 20.9 Å². The highest BCUT2D eigenvalue weighted by Crippen LogP contribution is 2.19. The Bertz CT molecular complexity index is 428. The first-order valence-electron chi connectivity index (χ1n) is 6.44. The molecule has 1 aliphatic heterocycles. The van der Waals surface area contributed by atoms with Gasteiger partial charge in [-0.25, -0.2) is 5.84 Å². The predicted molar refractivity (Wildman–Crippen MR) is 73.1 cm³/mol. The number of hydrazine groups is 1. The Balaban J connectivity index is 2.25. The lowest BCUT2D eigenvalue weighted by Crippen LogP contribution is -2.51. The van der Waals surface area contributed by atoms with Crippen LogP contribution in [-0.2, 0) is 0 Å². The Morgan fingerprint density at radius 3 is 2.79 bits per heavy atom. The molecule has 0 aromatic carbocycles. The van der Waals surface area contributed by atoms with Crippen LogP contribution in [0.5, 0.6) is 6.01 Å². The van der Waals surface area contributed by atoms with Crippen LogP contribution >= 0.6 is 0 Å². The van der Waals surface area contributed by atoms with Crippen molar-refractivity contribution in [3.63, 3.8) is 0 Å². The highest BCUT2D eigenvalue weighted by Gasteiger charge is 2.24. The van der Waals surface area contributed by atoms with Crippen LogP contribution in [0.3, 0.4) is 0 Å². The van der Waals surface area contributed by atoms with Gasteiger partial charge in [0.1, 0.15) is 0 Å². The molecule has 1 saturated heterocycles. The summed E-state index contributed by atoms with van der Waals surface area (Å²) in [6.07, 6.45) is 0. The molecular formula is C11H21N7O. The molecule has 0 amide bonds. The summed E-state index contributed by atoms with van der Waals surface area (Å²) in [4.78, 5) is 17.1. The number of nitrogens with two attached hydrogens (primary N) is 1. The number of piperazine rings is 1.